The number of rotatable bonds is 5. The van der Waals surface area contributed by atoms with Crippen molar-refractivity contribution in [3.8, 4) is 5.75 Å². The summed E-state index contributed by atoms with van der Waals surface area (Å²) >= 11 is 0. The third-order valence-corrected chi connectivity index (χ3v) is 4.55. The minimum absolute atomic E-state index is 0.0712. The molecule has 0 aromatic heterocycles. The summed E-state index contributed by atoms with van der Waals surface area (Å²) < 4.78 is 32.2. The molecule has 0 spiro atoms. The van der Waals surface area contributed by atoms with E-state index >= 15 is 0 Å². The maximum Gasteiger partial charge on any atom is 0.268 e. The fourth-order valence-corrected chi connectivity index (χ4v) is 2.95. The standard InChI is InChI=1S/C13H19N3O4S/c1-13(2)12(17)16-10-8-9(4-5-11(10)20-13)21(18,19)15-7-3-6-14/h4-5,8,15H,3,6-7,14H2,1-2H3,(H,16,17). The minimum atomic E-state index is -3.62. The number of hydrogen-bond acceptors (Lipinski definition) is 5. The molecule has 1 aromatic carbocycles. The van der Waals surface area contributed by atoms with Gasteiger partial charge in [-0.05, 0) is 45.0 Å². The molecule has 2 rings (SSSR count). The summed E-state index contributed by atoms with van der Waals surface area (Å²) in [7, 11) is -3.62. The summed E-state index contributed by atoms with van der Waals surface area (Å²) in [6.07, 6.45) is 0.554. The summed E-state index contributed by atoms with van der Waals surface area (Å²) in [6, 6.07) is 4.36. The lowest BCUT2D eigenvalue weighted by Crippen LogP contribution is -2.45. The summed E-state index contributed by atoms with van der Waals surface area (Å²) in [5, 5.41) is 2.65. The molecule has 0 saturated heterocycles. The summed E-state index contributed by atoms with van der Waals surface area (Å²) in [4.78, 5) is 11.9. The van der Waals surface area contributed by atoms with Crippen molar-refractivity contribution in [2.75, 3.05) is 18.4 Å². The predicted octanol–water partition coefficient (Wildman–Crippen LogP) is 0.423. The molecule has 0 aliphatic carbocycles. The van der Waals surface area contributed by atoms with Gasteiger partial charge in [-0.3, -0.25) is 4.79 Å². The second kappa shape index (κ2) is 5.63. The molecule has 116 valence electrons. The van der Waals surface area contributed by atoms with E-state index in [1.54, 1.807) is 13.8 Å². The normalized spacial score (nSPS) is 16.8. The molecule has 4 N–H and O–H groups in total. The highest BCUT2D eigenvalue weighted by molar-refractivity contribution is 7.89. The lowest BCUT2D eigenvalue weighted by molar-refractivity contribution is -0.129. The van der Waals surface area contributed by atoms with E-state index in [0.717, 1.165) is 0 Å². The minimum Gasteiger partial charge on any atom is -0.476 e. The van der Waals surface area contributed by atoms with Crippen molar-refractivity contribution in [2.24, 2.45) is 5.73 Å². The number of carbonyl (C=O) groups excluding carboxylic acids is 1. The zero-order chi connectivity index (χ0) is 15.7. The Labute approximate surface area is 123 Å². The van der Waals surface area contributed by atoms with Gasteiger partial charge in [0, 0.05) is 6.54 Å². The number of sulfonamides is 1. The quantitative estimate of drug-likeness (QED) is 0.682. The maximum atomic E-state index is 12.1. The Morgan fingerprint density at radius 2 is 2.10 bits per heavy atom. The molecular formula is C13H19N3O4S. The second-order valence-electron chi connectivity index (χ2n) is 5.26. The van der Waals surface area contributed by atoms with Gasteiger partial charge < -0.3 is 15.8 Å². The van der Waals surface area contributed by atoms with E-state index in [9.17, 15) is 13.2 Å². The van der Waals surface area contributed by atoms with Gasteiger partial charge in [-0.15, -0.1) is 0 Å². The molecule has 1 amide bonds. The van der Waals surface area contributed by atoms with E-state index in [2.05, 4.69) is 10.0 Å². The zero-order valence-electron chi connectivity index (χ0n) is 12.0. The Morgan fingerprint density at radius 1 is 1.38 bits per heavy atom. The van der Waals surface area contributed by atoms with Crippen LogP contribution in [0.15, 0.2) is 23.1 Å². The first-order chi connectivity index (χ1) is 9.76. The Bertz CT molecular complexity index is 655. The van der Waals surface area contributed by atoms with Crippen molar-refractivity contribution >= 4 is 21.6 Å². The highest BCUT2D eigenvalue weighted by atomic mass is 32.2. The van der Waals surface area contributed by atoms with Crippen molar-refractivity contribution in [3.63, 3.8) is 0 Å². The van der Waals surface area contributed by atoms with E-state index in [0.29, 0.717) is 24.4 Å². The Kier molecular flexibility index (Phi) is 4.22. The van der Waals surface area contributed by atoms with E-state index in [4.69, 9.17) is 10.5 Å². The summed E-state index contributed by atoms with van der Waals surface area (Å²) in [6.45, 7) is 3.96. The zero-order valence-corrected chi connectivity index (χ0v) is 12.8. The molecule has 0 saturated carbocycles. The number of amides is 1. The molecule has 1 heterocycles. The van der Waals surface area contributed by atoms with Crippen molar-refractivity contribution in [2.45, 2.75) is 30.8 Å². The number of benzene rings is 1. The molecule has 21 heavy (non-hydrogen) atoms. The molecule has 0 fully saturated rings. The van der Waals surface area contributed by atoms with Gasteiger partial charge in [0.05, 0.1) is 10.6 Å². The number of nitrogens with one attached hydrogen (secondary N) is 2. The topological polar surface area (TPSA) is 111 Å². The van der Waals surface area contributed by atoms with Crippen LogP contribution >= 0.6 is 0 Å². The Hall–Kier alpha value is -1.64. The van der Waals surface area contributed by atoms with Crippen LogP contribution in [0.3, 0.4) is 0 Å². The van der Waals surface area contributed by atoms with Gasteiger partial charge in [-0.1, -0.05) is 0 Å². The molecule has 1 aliphatic rings. The Balaban J connectivity index is 2.26. The fraction of sp³-hybridized carbons (Fsp3) is 0.462. The molecule has 7 nitrogen and oxygen atoms in total. The van der Waals surface area contributed by atoms with Crippen LogP contribution in [-0.4, -0.2) is 33.0 Å². The molecule has 0 atom stereocenters. The number of nitrogens with two attached hydrogens (primary N) is 1. The first-order valence-corrected chi connectivity index (χ1v) is 8.09. The molecule has 0 bridgehead atoms. The third-order valence-electron chi connectivity index (χ3n) is 3.09. The monoisotopic (exact) mass is 313 g/mol. The molecule has 0 radical (unpaired) electrons. The lowest BCUT2D eigenvalue weighted by atomic mass is 10.1. The maximum absolute atomic E-state index is 12.1. The first kappa shape index (κ1) is 15.7. The predicted molar refractivity (Wildman–Crippen MR) is 78.6 cm³/mol. The lowest BCUT2D eigenvalue weighted by Gasteiger charge is -2.31. The van der Waals surface area contributed by atoms with Crippen LogP contribution in [0.4, 0.5) is 5.69 Å². The SMILES string of the molecule is CC1(C)Oc2ccc(S(=O)(=O)NCCCN)cc2NC1=O. The van der Waals surface area contributed by atoms with E-state index < -0.39 is 15.6 Å². The van der Waals surface area contributed by atoms with Crippen LogP contribution in [0.5, 0.6) is 5.75 Å². The molecule has 8 heteroatoms. The molecule has 1 aliphatic heterocycles. The summed E-state index contributed by atoms with van der Waals surface area (Å²) in [5.74, 6) is 0.126. The molecular weight excluding hydrogens is 294 g/mol. The smallest absolute Gasteiger partial charge is 0.268 e. The first-order valence-electron chi connectivity index (χ1n) is 6.60. The number of hydrogen-bond donors (Lipinski definition) is 3. The van der Waals surface area contributed by atoms with E-state index in [-0.39, 0.29) is 17.3 Å². The number of fused-ring (bicyclic) bond motifs is 1. The van der Waals surface area contributed by atoms with Crippen LogP contribution in [-0.2, 0) is 14.8 Å². The second-order valence-corrected chi connectivity index (χ2v) is 7.03. The van der Waals surface area contributed by atoms with Crippen LogP contribution in [0.25, 0.3) is 0 Å². The van der Waals surface area contributed by atoms with Gasteiger partial charge >= 0.3 is 0 Å². The summed E-state index contributed by atoms with van der Waals surface area (Å²) in [5.41, 5.74) is 4.70. The van der Waals surface area contributed by atoms with Crippen molar-refractivity contribution in [1.82, 2.24) is 4.72 Å². The number of ether oxygens (including phenoxy) is 1. The number of anilines is 1. The van der Waals surface area contributed by atoms with Crippen LogP contribution in [0, 0.1) is 0 Å². The van der Waals surface area contributed by atoms with E-state index in [1.165, 1.54) is 18.2 Å². The van der Waals surface area contributed by atoms with Gasteiger partial charge in [-0.25, -0.2) is 13.1 Å². The van der Waals surface area contributed by atoms with Crippen molar-refractivity contribution < 1.29 is 17.9 Å². The van der Waals surface area contributed by atoms with Crippen LogP contribution in [0.1, 0.15) is 20.3 Å². The average Bonchev–Trinajstić information content (AvgIpc) is 2.39. The van der Waals surface area contributed by atoms with Crippen LogP contribution < -0.4 is 20.5 Å². The molecule has 1 aromatic rings. The van der Waals surface area contributed by atoms with Crippen molar-refractivity contribution in [1.29, 1.82) is 0 Å². The van der Waals surface area contributed by atoms with Crippen molar-refractivity contribution in [3.05, 3.63) is 18.2 Å². The third kappa shape index (κ3) is 3.34. The largest absolute Gasteiger partial charge is 0.476 e. The van der Waals surface area contributed by atoms with Crippen LogP contribution in [0.2, 0.25) is 0 Å². The van der Waals surface area contributed by atoms with Gasteiger partial charge in [0.25, 0.3) is 5.91 Å². The fourth-order valence-electron chi connectivity index (χ4n) is 1.85. The van der Waals surface area contributed by atoms with Gasteiger partial charge in [0.2, 0.25) is 10.0 Å². The average molecular weight is 313 g/mol. The van der Waals surface area contributed by atoms with E-state index in [1.807, 2.05) is 0 Å². The van der Waals surface area contributed by atoms with Gasteiger partial charge in [0.15, 0.2) is 5.60 Å². The van der Waals surface area contributed by atoms with Gasteiger partial charge in [-0.2, -0.15) is 0 Å². The highest BCUT2D eigenvalue weighted by Crippen LogP contribution is 2.35. The Morgan fingerprint density at radius 3 is 2.76 bits per heavy atom. The number of carbonyl (C=O) groups is 1. The molecule has 0 unspecified atom stereocenters. The highest BCUT2D eigenvalue weighted by Gasteiger charge is 2.35. The van der Waals surface area contributed by atoms with Gasteiger partial charge in [0.1, 0.15) is 5.75 Å².